The Morgan fingerprint density at radius 2 is 1.72 bits per heavy atom. The molecule has 5 nitrogen and oxygen atoms in total. The van der Waals surface area contributed by atoms with E-state index in [1.165, 1.54) is 16.7 Å². The van der Waals surface area contributed by atoms with Gasteiger partial charge in [0.25, 0.3) is 0 Å². The minimum Gasteiger partial charge on any atom is -0.385 e. The molecule has 1 aromatic heterocycles. The largest absolute Gasteiger partial charge is 0.385 e. The molecule has 4 fully saturated rings. The van der Waals surface area contributed by atoms with Crippen LogP contribution >= 0.6 is 0 Å². The van der Waals surface area contributed by atoms with E-state index >= 15 is 0 Å². The van der Waals surface area contributed by atoms with Gasteiger partial charge < -0.3 is 14.6 Å². The summed E-state index contributed by atoms with van der Waals surface area (Å²) in [7, 11) is 0. The molecule has 4 aliphatic carbocycles. The van der Waals surface area contributed by atoms with E-state index in [4.69, 9.17) is 9.47 Å². The van der Waals surface area contributed by atoms with Crippen molar-refractivity contribution in [1.29, 1.82) is 0 Å². The molecule has 2 aromatic rings. The lowest BCUT2D eigenvalue weighted by molar-refractivity contribution is -0.322. The van der Waals surface area contributed by atoms with Crippen LogP contribution in [0.5, 0.6) is 0 Å². The Bertz CT molecular complexity index is 1300. The number of ether oxygens (including phenoxy) is 2. The number of allylic oxidation sites excluding steroid dienone is 1. The molecule has 1 spiro atoms. The maximum atomic E-state index is 13.3. The predicted molar refractivity (Wildman–Crippen MR) is 150 cm³/mol. The van der Waals surface area contributed by atoms with Crippen LogP contribution in [0.3, 0.4) is 0 Å². The average Bonchev–Trinajstić information content (AvgIpc) is 3.24. The summed E-state index contributed by atoms with van der Waals surface area (Å²) in [4.78, 5) is 17.6. The van der Waals surface area contributed by atoms with Crippen molar-refractivity contribution < 1.29 is 19.4 Å². The Labute approximate surface area is 232 Å². The average molecular weight is 528 g/mol. The third kappa shape index (κ3) is 4.07. The fraction of sp³-hybridized carbons (Fsp3) is 0.588. The third-order valence-electron chi connectivity index (χ3n) is 10.9. The third-order valence-corrected chi connectivity index (χ3v) is 10.9. The van der Waals surface area contributed by atoms with Gasteiger partial charge >= 0.3 is 0 Å². The Kier molecular flexibility index (Phi) is 5.80. The van der Waals surface area contributed by atoms with Gasteiger partial charge in [0.15, 0.2) is 5.79 Å². The number of aliphatic hydroxyl groups is 1. The standard InChI is InChI=1S/C34H41NO4/c1-31(2)20-38-34(39-21-31)15-13-28-30-25(12-14-33(28,37)19-34)27-10-11-29(36)32(27,3)17-26(30)23-8-6-22(7-9-23)24-5-4-16-35-18-24/h4-9,16,18,25-27,37H,10-15,17,19-21H2,1-3H3/t25-,26+,27-,32-,33+/m0/s1. The normalized spacial score (nSPS) is 36.8. The van der Waals surface area contributed by atoms with Gasteiger partial charge in [0.1, 0.15) is 5.78 Å². The number of hydrogen-bond donors (Lipinski definition) is 1. The van der Waals surface area contributed by atoms with Crippen LogP contribution in [0.15, 0.2) is 59.9 Å². The zero-order valence-electron chi connectivity index (χ0n) is 23.5. The lowest BCUT2D eigenvalue weighted by Crippen LogP contribution is -2.57. The van der Waals surface area contributed by atoms with Gasteiger partial charge in [-0.1, -0.05) is 56.7 Å². The van der Waals surface area contributed by atoms with E-state index in [9.17, 15) is 9.90 Å². The SMILES string of the molecule is CC1(C)COC2(CCC3=C4[C@@H](CC[C@@]3(O)C2)[C@@H]2CCC(=O)[C@@]2(C)C[C@@H]4c2ccc(-c3cccnc3)cc2)OC1. The number of nitrogens with zero attached hydrogens (tertiary/aromatic N) is 1. The van der Waals surface area contributed by atoms with E-state index in [1.807, 2.05) is 12.3 Å². The van der Waals surface area contributed by atoms with Gasteiger partial charge in [0.2, 0.25) is 0 Å². The summed E-state index contributed by atoms with van der Waals surface area (Å²) in [6, 6.07) is 12.9. The van der Waals surface area contributed by atoms with Gasteiger partial charge in [0, 0.05) is 48.4 Å². The molecule has 5 aliphatic rings. The first kappa shape index (κ1) is 25.6. The monoisotopic (exact) mass is 527 g/mol. The number of aromatic nitrogens is 1. The van der Waals surface area contributed by atoms with Crippen LogP contribution in [-0.2, 0) is 14.3 Å². The fourth-order valence-electron chi connectivity index (χ4n) is 8.77. The summed E-state index contributed by atoms with van der Waals surface area (Å²) < 4.78 is 12.8. The highest BCUT2D eigenvalue weighted by atomic mass is 16.7. The molecule has 0 bridgehead atoms. The van der Waals surface area contributed by atoms with Crippen LogP contribution in [0, 0.1) is 22.7 Å². The van der Waals surface area contributed by atoms with Gasteiger partial charge in [-0.05, 0) is 72.3 Å². The van der Waals surface area contributed by atoms with Gasteiger partial charge in [0.05, 0.1) is 18.8 Å². The second-order valence-corrected chi connectivity index (χ2v) is 14.0. The smallest absolute Gasteiger partial charge is 0.171 e. The van der Waals surface area contributed by atoms with Crippen molar-refractivity contribution in [2.24, 2.45) is 22.7 Å². The summed E-state index contributed by atoms with van der Waals surface area (Å²) in [5.74, 6) is 0.624. The molecule has 2 heterocycles. The Balaban J connectivity index is 1.28. The highest BCUT2D eigenvalue weighted by Crippen LogP contribution is 2.64. The molecule has 39 heavy (non-hydrogen) atoms. The number of hydrogen-bond acceptors (Lipinski definition) is 5. The number of pyridine rings is 1. The summed E-state index contributed by atoms with van der Waals surface area (Å²) in [6.45, 7) is 7.88. The molecule has 7 rings (SSSR count). The minimum absolute atomic E-state index is 0.000177. The van der Waals surface area contributed by atoms with E-state index in [2.05, 4.69) is 56.1 Å². The predicted octanol–water partition coefficient (Wildman–Crippen LogP) is 6.61. The molecule has 0 amide bonds. The molecule has 5 atom stereocenters. The van der Waals surface area contributed by atoms with Crippen LogP contribution in [0.4, 0.5) is 0 Å². The maximum Gasteiger partial charge on any atom is 0.171 e. The number of carbonyl (C=O) groups excluding carboxylic acids is 1. The Morgan fingerprint density at radius 1 is 0.949 bits per heavy atom. The topological polar surface area (TPSA) is 68.7 Å². The van der Waals surface area contributed by atoms with E-state index in [1.54, 1.807) is 6.20 Å². The first-order valence-electron chi connectivity index (χ1n) is 14.9. The summed E-state index contributed by atoms with van der Waals surface area (Å²) in [5.41, 5.74) is 4.97. The van der Waals surface area contributed by atoms with Gasteiger partial charge in [-0.3, -0.25) is 9.78 Å². The van der Waals surface area contributed by atoms with Crippen LogP contribution in [0.25, 0.3) is 11.1 Å². The lowest BCUT2D eigenvalue weighted by atomic mass is 9.51. The Morgan fingerprint density at radius 3 is 2.44 bits per heavy atom. The summed E-state index contributed by atoms with van der Waals surface area (Å²) in [6.07, 6.45) is 9.94. The van der Waals surface area contributed by atoms with Gasteiger partial charge in [-0.15, -0.1) is 0 Å². The second-order valence-electron chi connectivity index (χ2n) is 14.0. The molecule has 3 saturated carbocycles. The van der Waals surface area contributed by atoms with E-state index in [-0.39, 0.29) is 16.7 Å². The number of carbonyl (C=O) groups is 1. The first-order chi connectivity index (χ1) is 18.6. The number of fused-ring (bicyclic) bond motifs is 4. The van der Waals surface area contributed by atoms with Crippen LogP contribution in [-0.4, -0.2) is 40.5 Å². The lowest BCUT2D eigenvalue weighted by Gasteiger charge is -2.56. The molecule has 1 aliphatic heterocycles. The molecular formula is C34H41NO4. The number of benzene rings is 1. The Hall–Kier alpha value is -2.34. The molecule has 1 aromatic carbocycles. The molecule has 5 heteroatoms. The summed E-state index contributed by atoms with van der Waals surface area (Å²) >= 11 is 0. The first-order valence-corrected chi connectivity index (χ1v) is 14.9. The maximum absolute atomic E-state index is 13.3. The quantitative estimate of drug-likeness (QED) is 0.445. The van der Waals surface area contributed by atoms with Crippen molar-refractivity contribution in [3.8, 4) is 11.1 Å². The van der Waals surface area contributed by atoms with Crippen molar-refractivity contribution in [3.63, 3.8) is 0 Å². The fourth-order valence-corrected chi connectivity index (χ4v) is 8.77. The zero-order chi connectivity index (χ0) is 27.0. The van der Waals surface area contributed by atoms with Crippen molar-refractivity contribution >= 4 is 5.78 Å². The minimum atomic E-state index is -0.907. The van der Waals surface area contributed by atoms with E-state index < -0.39 is 11.4 Å². The molecular weight excluding hydrogens is 486 g/mol. The number of rotatable bonds is 2. The number of Topliss-reactive ketones (excluding diaryl/α,β-unsaturated/α-hetero) is 1. The van der Waals surface area contributed by atoms with Crippen molar-refractivity contribution in [3.05, 3.63) is 65.5 Å². The van der Waals surface area contributed by atoms with Crippen molar-refractivity contribution in [2.45, 2.75) is 89.4 Å². The van der Waals surface area contributed by atoms with Crippen LogP contribution in [0.2, 0.25) is 0 Å². The number of ketones is 1. The van der Waals surface area contributed by atoms with Crippen LogP contribution in [0.1, 0.15) is 83.6 Å². The highest BCUT2D eigenvalue weighted by Gasteiger charge is 2.60. The van der Waals surface area contributed by atoms with Crippen molar-refractivity contribution in [1.82, 2.24) is 4.98 Å². The van der Waals surface area contributed by atoms with E-state index in [0.717, 1.165) is 49.7 Å². The molecule has 206 valence electrons. The molecule has 0 radical (unpaired) electrons. The highest BCUT2D eigenvalue weighted by molar-refractivity contribution is 5.87. The van der Waals surface area contributed by atoms with Crippen LogP contribution < -0.4 is 0 Å². The van der Waals surface area contributed by atoms with Gasteiger partial charge in [-0.25, -0.2) is 0 Å². The summed E-state index contributed by atoms with van der Waals surface area (Å²) in [5, 5.41) is 12.3. The van der Waals surface area contributed by atoms with Crippen molar-refractivity contribution in [2.75, 3.05) is 13.2 Å². The van der Waals surface area contributed by atoms with Gasteiger partial charge in [-0.2, -0.15) is 0 Å². The second kappa shape index (κ2) is 8.83. The molecule has 1 saturated heterocycles. The molecule has 1 N–H and O–H groups in total. The molecule has 0 unspecified atom stereocenters. The van der Waals surface area contributed by atoms with E-state index in [0.29, 0.717) is 43.7 Å². The zero-order valence-corrected chi connectivity index (χ0v) is 23.5.